The third-order valence-corrected chi connectivity index (χ3v) is 5.78. The number of H-pyrrole nitrogens is 1. The van der Waals surface area contributed by atoms with Crippen molar-refractivity contribution in [2.45, 2.75) is 12.8 Å². The largest absolute Gasteiger partial charge is 0.348 e. The van der Waals surface area contributed by atoms with Crippen LogP contribution in [0.3, 0.4) is 0 Å². The molecule has 7 heteroatoms. The van der Waals surface area contributed by atoms with Crippen molar-refractivity contribution in [3.63, 3.8) is 0 Å². The van der Waals surface area contributed by atoms with Crippen LogP contribution >= 0.6 is 11.3 Å². The Labute approximate surface area is 153 Å². The molecule has 0 bridgehead atoms. The average Bonchev–Trinajstić information content (AvgIpc) is 3.39. The summed E-state index contributed by atoms with van der Waals surface area (Å²) in [6.07, 6.45) is 2.46. The maximum absolute atomic E-state index is 12.6. The number of thiazole rings is 1. The van der Waals surface area contributed by atoms with Crippen molar-refractivity contribution in [1.29, 1.82) is 0 Å². The monoisotopic (exact) mass is 363 g/mol. The standard InChI is InChI=1S/C19H17N5OS/c25-18(17-13-5-1-2-6-14(13)22-23-17)20-12-7-8-15-16(11-12)26-19(21-15)24-9-3-4-10-24/h1-2,5-8,11H,3-4,9-10H2,(H,20,25)(H,22,23). The highest BCUT2D eigenvalue weighted by molar-refractivity contribution is 7.22. The third-order valence-electron chi connectivity index (χ3n) is 4.70. The van der Waals surface area contributed by atoms with Gasteiger partial charge in [-0.25, -0.2) is 4.98 Å². The Morgan fingerprint density at radius 2 is 2.00 bits per heavy atom. The summed E-state index contributed by atoms with van der Waals surface area (Å²) in [5.41, 5.74) is 2.99. The summed E-state index contributed by atoms with van der Waals surface area (Å²) in [4.78, 5) is 19.7. The lowest BCUT2D eigenvalue weighted by Crippen LogP contribution is -2.16. The van der Waals surface area contributed by atoms with Crippen LogP contribution in [-0.4, -0.2) is 34.2 Å². The lowest BCUT2D eigenvalue weighted by Gasteiger charge is -2.11. The molecule has 0 unspecified atom stereocenters. The highest BCUT2D eigenvalue weighted by Crippen LogP contribution is 2.32. The van der Waals surface area contributed by atoms with Crippen LogP contribution in [0.25, 0.3) is 21.1 Å². The van der Waals surface area contributed by atoms with Crippen molar-refractivity contribution in [1.82, 2.24) is 15.2 Å². The molecule has 1 saturated heterocycles. The van der Waals surface area contributed by atoms with Crippen LogP contribution in [0, 0.1) is 0 Å². The molecule has 1 aliphatic rings. The highest BCUT2D eigenvalue weighted by atomic mass is 32.1. The van der Waals surface area contributed by atoms with Gasteiger partial charge in [0, 0.05) is 24.2 Å². The maximum atomic E-state index is 12.6. The molecule has 2 N–H and O–H groups in total. The summed E-state index contributed by atoms with van der Waals surface area (Å²) >= 11 is 1.68. The van der Waals surface area contributed by atoms with Crippen LogP contribution in [0.2, 0.25) is 0 Å². The van der Waals surface area contributed by atoms with Gasteiger partial charge in [0.2, 0.25) is 0 Å². The molecule has 2 aromatic heterocycles. The van der Waals surface area contributed by atoms with Crippen molar-refractivity contribution in [3.05, 3.63) is 48.2 Å². The van der Waals surface area contributed by atoms with Gasteiger partial charge in [0.1, 0.15) is 0 Å². The molecule has 26 heavy (non-hydrogen) atoms. The summed E-state index contributed by atoms with van der Waals surface area (Å²) in [7, 11) is 0. The minimum absolute atomic E-state index is 0.217. The molecular weight excluding hydrogens is 346 g/mol. The number of aromatic nitrogens is 3. The minimum atomic E-state index is -0.217. The van der Waals surface area contributed by atoms with Crippen molar-refractivity contribution in [2.24, 2.45) is 0 Å². The minimum Gasteiger partial charge on any atom is -0.348 e. The SMILES string of the molecule is O=C(Nc1ccc2nc(N3CCCC3)sc2c1)c1n[nH]c2ccccc12. The molecule has 2 aromatic carbocycles. The maximum Gasteiger partial charge on any atom is 0.276 e. The molecule has 1 amide bonds. The fourth-order valence-corrected chi connectivity index (χ4v) is 4.42. The van der Waals surface area contributed by atoms with Crippen LogP contribution in [-0.2, 0) is 0 Å². The van der Waals surface area contributed by atoms with Crippen LogP contribution in [0.1, 0.15) is 23.3 Å². The predicted molar refractivity (Wildman–Crippen MR) is 105 cm³/mol. The van der Waals surface area contributed by atoms with Gasteiger partial charge in [-0.3, -0.25) is 9.89 Å². The van der Waals surface area contributed by atoms with E-state index >= 15 is 0 Å². The predicted octanol–water partition coefficient (Wildman–Crippen LogP) is 4.03. The lowest BCUT2D eigenvalue weighted by atomic mass is 10.2. The average molecular weight is 363 g/mol. The summed E-state index contributed by atoms with van der Waals surface area (Å²) in [5, 5.41) is 11.9. The molecule has 6 nitrogen and oxygen atoms in total. The molecule has 5 rings (SSSR count). The Bertz CT molecular complexity index is 1110. The molecular formula is C19H17N5OS. The number of nitrogens with zero attached hydrogens (tertiary/aromatic N) is 3. The quantitative estimate of drug-likeness (QED) is 0.576. The first-order valence-electron chi connectivity index (χ1n) is 8.68. The van der Waals surface area contributed by atoms with E-state index in [1.807, 2.05) is 42.5 Å². The Hall–Kier alpha value is -2.93. The van der Waals surface area contributed by atoms with E-state index in [0.717, 1.165) is 45.0 Å². The smallest absolute Gasteiger partial charge is 0.276 e. The van der Waals surface area contributed by atoms with Gasteiger partial charge in [0.15, 0.2) is 10.8 Å². The van der Waals surface area contributed by atoms with Crippen LogP contribution < -0.4 is 10.2 Å². The highest BCUT2D eigenvalue weighted by Gasteiger charge is 2.17. The fourth-order valence-electron chi connectivity index (χ4n) is 3.36. The number of rotatable bonds is 3. The molecule has 0 atom stereocenters. The van der Waals surface area contributed by atoms with E-state index in [-0.39, 0.29) is 5.91 Å². The number of hydrogen-bond acceptors (Lipinski definition) is 5. The molecule has 0 saturated carbocycles. The van der Waals surface area contributed by atoms with Gasteiger partial charge >= 0.3 is 0 Å². The second-order valence-electron chi connectivity index (χ2n) is 6.45. The van der Waals surface area contributed by atoms with Crippen molar-refractivity contribution < 1.29 is 4.79 Å². The van der Waals surface area contributed by atoms with E-state index in [0.29, 0.717) is 5.69 Å². The fraction of sp³-hybridized carbons (Fsp3) is 0.211. The van der Waals surface area contributed by atoms with Crippen LogP contribution in [0.5, 0.6) is 0 Å². The van der Waals surface area contributed by atoms with Gasteiger partial charge < -0.3 is 10.2 Å². The number of amides is 1. The zero-order valence-electron chi connectivity index (χ0n) is 14.0. The summed E-state index contributed by atoms with van der Waals surface area (Å²) < 4.78 is 1.08. The van der Waals surface area contributed by atoms with E-state index in [1.54, 1.807) is 11.3 Å². The van der Waals surface area contributed by atoms with Gasteiger partial charge in [-0.2, -0.15) is 5.10 Å². The molecule has 0 radical (unpaired) electrons. The van der Waals surface area contributed by atoms with E-state index < -0.39 is 0 Å². The number of anilines is 2. The van der Waals surface area contributed by atoms with Crippen molar-refractivity contribution in [2.75, 3.05) is 23.3 Å². The number of carbonyl (C=O) groups is 1. The summed E-state index contributed by atoms with van der Waals surface area (Å²) in [6, 6.07) is 13.5. The summed E-state index contributed by atoms with van der Waals surface area (Å²) in [6.45, 7) is 2.16. The van der Waals surface area contributed by atoms with Crippen LogP contribution in [0.4, 0.5) is 10.8 Å². The van der Waals surface area contributed by atoms with Gasteiger partial charge in [-0.15, -0.1) is 0 Å². The number of nitrogens with one attached hydrogen (secondary N) is 2. The Morgan fingerprint density at radius 3 is 2.88 bits per heavy atom. The van der Waals surface area contributed by atoms with E-state index in [9.17, 15) is 4.79 Å². The van der Waals surface area contributed by atoms with Gasteiger partial charge in [0.05, 0.1) is 15.7 Å². The van der Waals surface area contributed by atoms with Gasteiger partial charge in [-0.05, 0) is 37.1 Å². The zero-order chi connectivity index (χ0) is 17.5. The number of aromatic amines is 1. The first kappa shape index (κ1) is 15.3. The van der Waals surface area contributed by atoms with E-state index in [4.69, 9.17) is 4.98 Å². The zero-order valence-corrected chi connectivity index (χ0v) is 14.8. The number of carbonyl (C=O) groups excluding carboxylic acids is 1. The topological polar surface area (TPSA) is 73.9 Å². The first-order valence-corrected chi connectivity index (χ1v) is 9.49. The molecule has 0 spiro atoms. The Kier molecular flexibility index (Phi) is 3.60. The number of para-hydroxylation sites is 1. The molecule has 1 fully saturated rings. The lowest BCUT2D eigenvalue weighted by molar-refractivity contribution is 0.102. The van der Waals surface area contributed by atoms with Crippen molar-refractivity contribution in [3.8, 4) is 0 Å². The molecule has 130 valence electrons. The van der Waals surface area contributed by atoms with E-state index in [2.05, 4.69) is 20.4 Å². The first-order chi connectivity index (χ1) is 12.8. The molecule has 0 aliphatic carbocycles. The Balaban J connectivity index is 1.42. The second-order valence-corrected chi connectivity index (χ2v) is 7.45. The Morgan fingerprint density at radius 1 is 1.15 bits per heavy atom. The molecule has 4 aromatic rings. The number of fused-ring (bicyclic) bond motifs is 2. The normalized spacial score (nSPS) is 14.4. The van der Waals surface area contributed by atoms with Crippen molar-refractivity contribution >= 4 is 49.2 Å². The molecule has 1 aliphatic heterocycles. The summed E-state index contributed by atoms with van der Waals surface area (Å²) in [5.74, 6) is -0.217. The van der Waals surface area contributed by atoms with Gasteiger partial charge in [-0.1, -0.05) is 29.5 Å². The van der Waals surface area contributed by atoms with Crippen LogP contribution in [0.15, 0.2) is 42.5 Å². The number of hydrogen-bond donors (Lipinski definition) is 2. The molecule has 3 heterocycles. The van der Waals surface area contributed by atoms with Gasteiger partial charge in [0.25, 0.3) is 5.91 Å². The van der Waals surface area contributed by atoms with E-state index in [1.165, 1.54) is 12.8 Å². The third kappa shape index (κ3) is 2.61. The number of benzene rings is 2. The second kappa shape index (κ2) is 6.10.